The van der Waals surface area contributed by atoms with Crippen LogP contribution in [0.4, 0.5) is 4.39 Å². The molecule has 0 aliphatic heterocycles. The third-order valence-electron chi connectivity index (χ3n) is 2.00. The van der Waals surface area contributed by atoms with Gasteiger partial charge in [0.2, 0.25) is 5.95 Å². The molecule has 0 saturated carbocycles. The molecule has 14 heavy (non-hydrogen) atoms. The van der Waals surface area contributed by atoms with Crippen molar-refractivity contribution in [2.75, 3.05) is 0 Å². The molecule has 0 bridgehead atoms. The first-order valence-corrected chi connectivity index (χ1v) is 4.64. The summed E-state index contributed by atoms with van der Waals surface area (Å²) in [4.78, 5) is 8.02. The summed E-state index contributed by atoms with van der Waals surface area (Å²) in [5, 5.41) is 0. The number of nitrogens with zero attached hydrogens (tertiary/aromatic N) is 3. The molecular formula is C10H12FN3. The van der Waals surface area contributed by atoms with Crippen molar-refractivity contribution < 1.29 is 4.39 Å². The van der Waals surface area contributed by atoms with Crippen molar-refractivity contribution in [3.63, 3.8) is 0 Å². The number of hydrogen-bond acceptors (Lipinski definition) is 2. The van der Waals surface area contributed by atoms with Gasteiger partial charge in [0.15, 0.2) is 5.65 Å². The number of hydrogen-bond donors (Lipinski definition) is 0. The van der Waals surface area contributed by atoms with Crippen molar-refractivity contribution in [2.24, 2.45) is 5.92 Å². The second-order valence-corrected chi connectivity index (χ2v) is 3.79. The van der Waals surface area contributed by atoms with Gasteiger partial charge in [-0.15, -0.1) is 0 Å². The number of imidazole rings is 1. The Morgan fingerprint density at radius 2 is 2.21 bits per heavy atom. The predicted octanol–water partition coefficient (Wildman–Crippen LogP) is 2.07. The molecule has 3 nitrogen and oxygen atoms in total. The van der Waals surface area contributed by atoms with Crippen LogP contribution in [0.3, 0.4) is 0 Å². The van der Waals surface area contributed by atoms with E-state index in [2.05, 4.69) is 23.8 Å². The summed E-state index contributed by atoms with van der Waals surface area (Å²) in [5.74, 6) is 0.154. The van der Waals surface area contributed by atoms with Crippen LogP contribution in [0, 0.1) is 11.9 Å². The molecule has 0 radical (unpaired) electrons. The van der Waals surface area contributed by atoms with Gasteiger partial charge in [-0.3, -0.25) is 9.38 Å². The van der Waals surface area contributed by atoms with Gasteiger partial charge in [-0.2, -0.15) is 4.39 Å². The van der Waals surface area contributed by atoms with Crippen LogP contribution in [-0.2, 0) is 6.42 Å². The molecule has 0 fully saturated rings. The van der Waals surface area contributed by atoms with Gasteiger partial charge in [0.25, 0.3) is 0 Å². The van der Waals surface area contributed by atoms with Crippen molar-refractivity contribution in [1.29, 1.82) is 0 Å². The average molecular weight is 193 g/mol. The molecule has 0 saturated heterocycles. The van der Waals surface area contributed by atoms with Gasteiger partial charge in [-0.1, -0.05) is 13.8 Å². The molecule has 2 aromatic heterocycles. The van der Waals surface area contributed by atoms with E-state index in [1.807, 2.05) is 0 Å². The van der Waals surface area contributed by atoms with Crippen molar-refractivity contribution in [1.82, 2.24) is 14.4 Å². The van der Waals surface area contributed by atoms with Gasteiger partial charge in [0.05, 0.1) is 18.1 Å². The smallest absolute Gasteiger partial charge is 0.217 e. The van der Waals surface area contributed by atoms with E-state index in [0.29, 0.717) is 11.6 Å². The summed E-state index contributed by atoms with van der Waals surface area (Å²) in [5.41, 5.74) is 1.48. The lowest BCUT2D eigenvalue weighted by Gasteiger charge is -1.97. The third-order valence-corrected chi connectivity index (χ3v) is 2.00. The molecule has 0 spiro atoms. The van der Waals surface area contributed by atoms with Crippen molar-refractivity contribution in [3.8, 4) is 0 Å². The molecule has 0 unspecified atom stereocenters. The van der Waals surface area contributed by atoms with E-state index in [4.69, 9.17) is 0 Å². The summed E-state index contributed by atoms with van der Waals surface area (Å²) in [6.07, 6.45) is 5.34. The van der Waals surface area contributed by atoms with E-state index < -0.39 is 0 Å². The SMILES string of the molecule is CC(C)Cc1cn2c(F)cncc2n1. The normalized spacial score (nSPS) is 11.4. The van der Waals surface area contributed by atoms with Crippen LogP contribution in [0.25, 0.3) is 5.65 Å². The first-order valence-electron chi connectivity index (χ1n) is 4.64. The molecule has 2 heterocycles. The second kappa shape index (κ2) is 3.36. The summed E-state index contributed by atoms with van der Waals surface area (Å²) in [7, 11) is 0. The maximum atomic E-state index is 13.2. The fourth-order valence-electron chi connectivity index (χ4n) is 1.45. The molecule has 0 aromatic carbocycles. The number of halogens is 1. The predicted molar refractivity (Wildman–Crippen MR) is 51.5 cm³/mol. The summed E-state index contributed by atoms with van der Waals surface area (Å²) in [6, 6.07) is 0. The molecular weight excluding hydrogens is 181 g/mol. The van der Waals surface area contributed by atoms with Gasteiger partial charge in [-0.25, -0.2) is 4.98 Å². The van der Waals surface area contributed by atoms with Crippen LogP contribution in [0.1, 0.15) is 19.5 Å². The Labute approximate surface area is 81.6 Å². The Morgan fingerprint density at radius 1 is 1.43 bits per heavy atom. The molecule has 0 amide bonds. The van der Waals surface area contributed by atoms with Crippen molar-refractivity contribution >= 4 is 5.65 Å². The Hall–Kier alpha value is -1.45. The quantitative estimate of drug-likeness (QED) is 0.730. The molecule has 0 aliphatic rings. The lowest BCUT2D eigenvalue weighted by molar-refractivity contribution is 0.560. The lowest BCUT2D eigenvalue weighted by atomic mass is 10.1. The van der Waals surface area contributed by atoms with Crippen LogP contribution in [0.2, 0.25) is 0 Å². The third kappa shape index (κ3) is 1.60. The van der Waals surface area contributed by atoms with Gasteiger partial charge < -0.3 is 0 Å². The Bertz CT molecular complexity index is 448. The molecule has 2 aromatic rings. The van der Waals surface area contributed by atoms with E-state index in [-0.39, 0.29) is 5.95 Å². The molecule has 0 N–H and O–H groups in total. The minimum Gasteiger partial charge on any atom is -0.273 e. The number of aromatic nitrogens is 3. The zero-order chi connectivity index (χ0) is 10.1. The first kappa shape index (κ1) is 9.12. The topological polar surface area (TPSA) is 30.2 Å². The minimum absolute atomic E-state index is 0.370. The largest absolute Gasteiger partial charge is 0.273 e. The van der Waals surface area contributed by atoms with Crippen LogP contribution in [0.5, 0.6) is 0 Å². The molecule has 4 heteroatoms. The molecule has 2 rings (SSSR count). The summed E-state index contributed by atoms with van der Waals surface area (Å²) >= 11 is 0. The number of fused-ring (bicyclic) bond motifs is 1. The maximum Gasteiger partial charge on any atom is 0.217 e. The van der Waals surface area contributed by atoms with E-state index in [9.17, 15) is 4.39 Å². The fourth-order valence-corrected chi connectivity index (χ4v) is 1.45. The second-order valence-electron chi connectivity index (χ2n) is 3.79. The monoisotopic (exact) mass is 193 g/mol. The molecule has 0 atom stereocenters. The highest BCUT2D eigenvalue weighted by Crippen LogP contribution is 2.10. The van der Waals surface area contributed by atoms with Crippen molar-refractivity contribution in [3.05, 3.63) is 30.2 Å². The number of rotatable bonds is 2. The minimum atomic E-state index is -0.370. The Kier molecular flexibility index (Phi) is 2.19. The van der Waals surface area contributed by atoms with E-state index in [1.54, 1.807) is 12.4 Å². The fraction of sp³-hybridized carbons (Fsp3) is 0.400. The molecule has 74 valence electrons. The molecule has 0 aliphatic carbocycles. The summed E-state index contributed by atoms with van der Waals surface area (Å²) in [6.45, 7) is 4.22. The highest BCUT2D eigenvalue weighted by atomic mass is 19.1. The Balaban J connectivity index is 2.46. The van der Waals surface area contributed by atoms with Gasteiger partial charge in [0, 0.05) is 6.20 Å². The van der Waals surface area contributed by atoms with Gasteiger partial charge in [-0.05, 0) is 12.3 Å². The van der Waals surface area contributed by atoms with Crippen molar-refractivity contribution in [2.45, 2.75) is 20.3 Å². The average Bonchev–Trinajstić information content (AvgIpc) is 2.47. The standard InChI is InChI=1S/C10H12FN3/c1-7(2)3-8-6-14-9(11)4-12-5-10(14)13-8/h4-7H,3H2,1-2H3. The van der Waals surface area contributed by atoms with Gasteiger partial charge >= 0.3 is 0 Å². The Morgan fingerprint density at radius 3 is 2.86 bits per heavy atom. The zero-order valence-electron chi connectivity index (χ0n) is 8.24. The maximum absolute atomic E-state index is 13.2. The zero-order valence-corrected chi connectivity index (χ0v) is 8.24. The van der Waals surface area contributed by atoms with Crippen LogP contribution in [0.15, 0.2) is 18.6 Å². The summed E-state index contributed by atoms with van der Waals surface area (Å²) < 4.78 is 14.6. The van der Waals surface area contributed by atoms with E-state index in [0.717, 1.165) is 12.1 Å². The highest BCUT2D eigenvalue weighted by molar-refractivity contribution is 5.36. The first-order chi connectivity index (χ1) is 6.66. The van der Waals surface area contributed by atoms with Crippen LogP contribution >= 0.6 is 0 Å². The van der Waals surface area contributed by atoms with Gasteiger partial charge in [0.1, 0.15) is 0 Å². The van der Waals surface area contributed by atoms with E-state index in [1.165, 1.54) is 10.6 Å². The van der Waals surface area contributed by atoms with E-state index >= 15 is 0 Å². The van der Waals surface area contributed by atoms with Crippen LogP contribution in [-0.4, -0.2) is 14.4 Å². The lowest BCUT2D eigenvalue weighted by Crippen LogP contribution is -1.93. The van der Waals surface area contributed by atoms with Crippen LogP contribution < -0.4 is 0 Å². The highest BCUT2D eigenvalue weighted by Gasteiger charge is 2.06.